The van der Waals surface area contributed by atoms with Crippen LogP contribution in [0, 0.1) is 5.92 Å². The molecule has 4 nitrogen and oxygen atoms in total. The smallest absolute Gasteiger partial charge is 0.308 e. The highest BCUT2D eigenvalue weighted by atomic mass is 16.4. The predicted molar refractivity (Wildman–Crippen MR) is 61.1 cm³/mol. The zero-order chi connectivity index (χ0) is 12.0. The van der Waals surface area contributed by atoms with Gasteiger partial charge in [-0.05, 0) is 12.8 Å². The first-order valence-corrected chi connectivity index (χ1v) is 6.15. The number of amides is 1. The molecule has 92 valence electrons. The minimum absolute atomic E-state index is 0.119. The van der Waals surface area contributed by atoms with Crippen molar-refractivity contribution in [1.82, 2.24) is 4.90 Å². The number of carbonyl (C=O) groups excluding carboxylic acids is 1. The van der Waals surface area contributed by atoms with Crippen molar-refractivity contribution in [3.63, 3.8) is 0 Å². The number of hydrogen-bond acceptors (Lipinski definition) is 2. The minimum atomic E-state index is -0.772. The number of nitrogens with zero attached hydrogens (tertiary/aromatic N) is 1. The quantitative estimate of drug-likeness (QED) is 0.705. The van der Waals surface area contributed by atoms with Crippen molar-refractivity contribution in [2.45, 2.75) is 45.4 Å². The number of aliphatic carboxylic acids is 1. The Morgan fingerprint density at radius 1 is 1.44 bits per heavy atom. The molecule has 1 fully saturated rings. The average molecular weight is 227 g/mol. The summed E-state index contributed by atoms with van der Waals surface area (Å²) in [6.07, 6.45) is 5.37. The second-order valence-corrected chi connectivity index (χ2v) is 4.47. The summed E-state index contributed by atoms with van der Waals surface area (Å²) in [5.41, 5.74) is 0. The van der Waals surface area contributed by atoms with Gasteiger partial charge in [-0.1, -0.05) is 26.2 Å². The monoisotopic (exact) mass is 227 g/mol. The maximum absolute atomic E-state index is 11.6. The molecule has 1 saturated heterocycles. The first-order chi connectivity index (χ1) is 7.65. The zero-order valence-electron chi connectivity index (χ0n) is 9.95. The van der Waals surface area contributed by atoms with Gasteiger partial charge in [-0.15, -0.1) is 0 Å². The van der Waals surface area contributed by atoms with E-state index < -0.39 is 5.97 Å². The van der Waals surface area contributed by atoms with Gasteiger partial charge in [0, 0.05) is 19.5 Å². The second kappa shape index (κ2) is 6.51. The third-order valence-electron chi connectivity index (χ3n) is 3.13. The number of hydrogen-bond donors (Lipinski definition) is 1. The molecule has 0 saturated carbocycles. The molecule has 0 aliphatic carbocycles. The highest BCUT2D eigenvalue weighted by molar-refractivity contribution is 5.80. The summed E-state index contributed by atoms with van der Waals surface area (Å²) in [5.74, 6) is -1.01. The highest BCUT2D eigenvalue weighted by Gasteiger charge is 2.29. The summed E-state index contributed by atoms with van der Waals surface area (Å²) in [6.45, 7) is 3.27. The normalized spacial score (nSPS) is 21.2. The summed E-state index contributed by atoms with van der Waals surface area (Å²) in [5, 5.41) is 8.91. The van der Waals surface area contributed by atoms with Crippen molar-refractivity contribution in [2.24, 2.45) is 5.92 Å². The number of rotatable bonds is 6. The minimum Gasteiger partial charge on any atom is -0.481 e. The largest absolute Gasteiger partial charge is 0.481 e. The van der Waals surface area contributed by atoms with Gasteiger partial charge in [0.25, 0.3) is 0 Å². The maximum atomic E-state index is 11.6. The van der Waals surface area contributed by atoms with Gasteiger partial charge in [-0.3, -0.25) is 9.59 Å². The van der Waals surface area contributed by atoms with Crippen LogP contribution >= 0.6 is 0 Å². The lowest BCUT2D eigenvalue weighted by Crippen LogP contribution is -2.42. The maximum Gasteiger partial charge on any atom is 0.308 e. The van der Waals surface area contributed by atoms with Gasteiger partial charge in [-0.2, -0.15) is 0 Å². The molecule has 1 N–H and O–H groups in total. The summed E-state index contributed by atoms with van der Waals surface area (Å²) >= 11 is 0. The Labute approximate surface area is 96.6 Å². The van der Waals surface area contributed by atoms with E-state index in [1.807, 2.05) is 0 Å². The number of unbranched alkanes of at least 4 members (excludes halogenated alkanes) is 3. The number of likely N-dealkylation sites (tertiary alicyclic amines) is 1. The molecule has 0 spiro atoms. The lowest BCUT2D eigenvalue weighted by molar-refractivity contribution is -0.147. The van der Waals surface area contributed by atoms with E-state index in [0.717, 1.165) is 19.4 Å². The van der Waals surface area contributed by atoms with Crippen molar-refractivity contribution in [3.8, 4) is 0 Å². The fourth-order valence-corrected chi connectivity index (χ4v) is 2.06. The fraction of sp³-hybridized carbons (Fsp3) is 0.833. The Balaban J connectivity index is 2.32. The Kier molecular flexibility index (Phi) is 5.29. The Morgan fingerprint density at radius 3 is 2.81 bits per heavy atom. The molecule has 0 aromatic heterocycles. The molecule has 0 aromatic carbocycles. The van der Waals surface area contributed by atoms with Gasteiger partial charge in [0.15, 0.2) is 0 Å². The molecule has 1 atom stereocenters. The Bertz CT molecular complexity index is 253. The SMILES string of the molecule is CCCCCCN1CC(C(=O)O)CCC1=O. The van der Waals surface area contributed by atoms with E-state index in [1.54, 1.807) is 4.90 Å². The topological polar surface area (TPSA) is 57.6 Å². The van der Waals surface area contributed by atoms with Crippen LogP contribution in [0.3, 0.4) is 0 Å². The third-order valence-corrected chi connectivity index (χ3v) is 3.13. The van der Waals surface area contributed by atoms with E-state index >= 15 is 0 Å². The first kappa shape index (κ1) is 13.0. The summed E-state index contributed by atoms with van der Waals surface area (Å²) in [7, 11) is 0. The van der Waals surface area contributed by atoms with E-state index in [0.29, 0.717) is 19.4 Å². The summed E-state index contributed by atoms with van der Waals surface area (Å²) in [4.78, 5) is 24.1. The molecule has 0 bridgehead atoms. The molecule has 0 radical (unpaired) electrons. The first-order valence-electron chi connectivity index (χ1n) is 6.15. The molecule has 1 aliphatic heterocycles. The standard InChI is InChI=1S/C12H21NO3/c1-2-3-4-5-8-13-9-10(12(15)16)6-7-11(13)14/h10H,2-9H2,1H3,(H,15,16). The molecule has 1 rings (SSSR count). The van der Waals surface area contributed by atoms with Gasteiger partial charge in [-0.25, -0.2) is 0 Å². The molecule has 0 aromatic rings. The van der Waals surface area contributed by atoms with Gasteiger partial charge >= 0.3 is 5.97 Å². The Hall–Kier alpha value is -1.06. The van der Waals surface area contributed by atoms with Crippen LogP contribution in [0.15, 0.2) is 0 Å². The van der Waals surface area contributed by atoms with Crippen molar-refractivity contribution in [2.75, 3.05) is 13.1 Å². The van der Waals surface area contributed by atoms with E-state index in [1.165, 1.54) is 12.8 Å². The highest BCUT2D eigenvalue weighted by Crippen LogP contribution is 2.18. The van der Waals surface area contributed by atoms with Crippen molar-refractivity contribution < 1.29 is 14.7 Å². The van der Waals surface area contributed by atoms with Gasteiger partial charge in [0.1, 0.15) is 0 Å². The van der Waals surface area contributed by atoms with E-state index in [-0.39, 0.29) is 11.8 Å². The molecule has 4 heteroatoms. The predicted octanol–water partition coefficient (Wildman–Crippen LogP) is 1.89. The summed E-state index contributed by atoms with van der Waals surface area (Å²) < 4.78 is 0. The lowest BCUT2D eigenvalue weighted by atomic mass is 9.97. The van der Waals surface area contributed by atoms with Crippen LogP contribution in [0.25, 0.3) is 0 Å². The number of carboxylic acid groups (broad SMARTS) is 1. The van der Waals surface area contributed by atoms with Crippen LogP contribution in [0.5, 0.6) is 0 Å². The van der Waals surface area contributed by atoms with E-state index in [2.05, 4.69) is 6.92 Å². The van der Waals surface area contributed by atoms with Crippen LogP contribution in [-0.4, -0.2) is 35.0 Å². The van der Waals surface area contributed by atoms with Crippen LogP contribution < -0.4 is 0 Å². The van der Waals surface area contributed by atoms with Crippen molar-refractivity contribution >= 4 is 11.9 Å². The van der Waals surface area contributed by atoms with Crippen LogP contribution in [0.4, 0.5) is 0 Å². The fourth-order valence-electron chi connectivity index (χ4n) is 2.06. The molecule has 1 aliphatic rings. The third kappa shape index (κ3) is 3.83. The molecule has 16 heavy (non-hydrogen) atoms. The van der Waals surface area contributed by atoms with Gasteiger partial charge < -0.3 is 10.0 Å². The molecule has 1 unspecified atom stereocenters. The molecule has 1 heterocycles. The second-order valence-electron chi connectivity index (χ2n) is 4.47. The van der Waals surface area contributed by atoms with Crippen molar-refractivity contribution in [3.05, 3.63) is 0 Å². The Morgan fingerprint density at radius 2 is 2.19 bits per heavy atom. The summed E-state index contributed by atoms with van der Waals surface area (Å²) in [6, 6.07) is 0. The number of carbonyl (C=O) groups is 2. The average Bonchev–Trinajstić information content (AvgIpc) is 2.26. The van der Waals surface area contributed by atoms with E-state index in [9.17, 15) is 9.59 Å². The number of carboxylic acids is 1. The van der Waals surface area contributed by atoms with Gasteiger partial charge in [0.2, 0.25) is 5.91 Å². The van der Waals surface area contributed by atoms with Crippen LogP contribution in [0.1, 0.15) is 45.4 Å². The van der Waals surface area contributed by atoms with E-state index in [4.69, 9.17) is 5.11 Å². The van der Waals surface area contributed by atoms with Crippen LogP contribution in [0.2, 0.25) is 0 Å². The lowest BCUT2D eigenvalue weighted by Gasteiger charge is -2.30. The molecular weight excluding hydrogens is 206 g/mol. The van der Waals surface area contributed by atoms with Crippen LogP contribution in [-0.2, 0) is 9.59 Å². The number of piperidine rings is 1. The van der Waals surface area contributed by atoms with Gasteiger partial charge in [0.05, 0.1) is 5.92 Å². The molecule has 1 amide bonds. The van der Waals surface area contributed by atoms with Crippen molar-refractivity contribution in [1.29, 1.82) is 0 Å². The zero-order valence-corrected chi connectivity index (χ0v) is 9.95. The molecular formula is C12H21NO3.